The molecule has 2 rings (SSSR count). The van der Waals surface area contributed by atoms with Gasteiger partial charge in [-0.2, -0.15) is 0 Å². The van der Waals surface area contributed by atoms with Gasteiger partial charge >= 0.3 is 5.97 Å². The fraction of sp³-hybridized carbons (Fsp3) is 0.650. The van der Waals surface area contributed by atoms with E-state index in [1.165, 1.54) is 23.3 Å². The average Bonchev–Trinajstić information content (AvgIpc) is 2.76. The van der Waals surface area contributed by atoms with E-state index in [-0.39, 0.29) is 30.8 Å². The maximum atomic E-state index is 11.3. The third-order valence-corrected chi connectivity index (χ3v) is 11.7. The summed E-state index contributed by atoms with van der Waals surface area (Å²) < 4.78 is 12.4. The lowest BCUT2D eigenvalue weighted by Gasteiger charge is -2.35. The predicted molar refractivity (Wildman–Crippen MR) is 103 cm³/mol. The molecule has 0 amide bonds. The lowest BCUT2D eigenvalue weighted by Crippen LogP contribution is -2.40. The van der Waals surface area contributed by atoms with Crippen molar-refractivity contribution < 1.29 is 19.4 Å². The highest BCUT2D eigenvalue weighted by molar-refractivity contribution is 6.86. The molecule has 0 bridgehead atoms. The largest absolute Gasteiger partial charge is 0.481 e. The van der Waals surface area contributed by atoms with Crippen LogP contribution < -0.4 is 0 Å². The van der Waals surface area contributed by atoms with Gasteiger partial charge in [-0.25, -0.2) is 0 Å². The molecule has 0 aromatic heterocycles. The Kier molecular flexibility index (Phi) is 7.22. The maximum Gasteiger partial charge on any atom is 0.306 e. The van der Waals surface area contributed by atoms with Crippen molar-refractivity contribution in [3.63, 3.8) is 0 Å². The standard InChI is InChI=1S/C20H32O4Si/c1-5-9-15-10-11-18-19(23-15)14-17(25(6-2,7-3)8-4)12-16(24-18)13-20(21)22/h5,10-12,15-16,18-19H,1,6-9,13-14H2,2-4H3,(H,21,22)/t15-,16+,18+,19-/m1/s1. The zero-order chi connectivity index (χ0) is 18.4. The summed E-state index contributed by atoms with van der Waals surface area (Å²) >= 11 is 0. The van der Waals surface area contributed by atoms with Crippen molar-refractivity contribution in [2.45, 2.75) is 82.6 Å². The summed E-state index contributed by atoms with van der Waals surface area (Å²) in [6.45, 7) is 10.6. The number of hydrogen-bond acceptors (Lipinski definition) is 3. The minimum atomic E-state index is -1.59. The summed E-state index contributed by atoms with van der Waals surface area (Å²) in [6, 6.07) is 3.53. The highest BCUT2D eigenvalue weighted by atomic mass is 28.3. The number of carbonyl (C=O) groups is 1. The summed E-state index contributed by atoms with van der Waals surface area (Å²) in [4.78, 5) is 11.3. The molecular formula is C20H32O4Si. The van der Waals surface area contributed by atoms with Crippen LogP contribution in [0.1, 0.15) is 40.0 Å². The van der Waals surface area contributed by atoms with E-state index in [0.717, 1.165) is 12.8 Å². The van der Waals surface area contributed by atoms with Gasteiger partial charge in [0, 0.05) is 0 Å². The van der Waals surface area contributed by atoms with Crippen LogP contribution in [0.5, 0.6) is 0 Å². The van der Waals surface area contributed by atoms with Gasteiger partial charge in [-0.1, -0.05) is 68.4 Å². The van der Waals surface area contributed by atoms with E-state index in [1.807, 2.05) is 12.2 Å². The number of carboxylic acids is 1. The number of carboxylic acid groups (broad SMARTS) is 1. The third-order valence-electron chi connectivity index (χ3n) is 5.86. The Morgan fingerprint density at radius 3 is 2.48 bits per heavy atom. The van der Waals surface area contributed by atoms with Crippen LogP contribution in [-0.4, -0.2) is 43.6 Å². The van der Waals surface area contributed by atoms with Gasteiger partial charge in [0.05, 0.1) is 32.8 Å². The minimum Gasteiger partial charge on any atom is -0.481 e. The summed E-state index contributed by atoms with van der Waals surface area (Å²) in [5, 5.41) is 10.7. The Labute approximate surface area is 152 Å². The average molecular weight is 365 g/mol. The van der Waals surface area contributed by atoms with Crippen molar-refractivity contribution in [2.24, 2.45) is 0 Å². The molecule has 25 heavy (non-hydrogen) atoms. The molecule has 0 aromatic rings. The molecule has 4 atom stereocenters. The fourth-order valence-electron chi connectivity index (χ4n) is 4.15. The predicted octanol–water partition coefficient (Wildman–Crippen LogP) is 4.49. The molecule has 0 saturated heterocycles. The van der Waals surface area contributed by atoms with Crippen molar-refractivity contribution in [2.75, 3.05) is 0 Å². The third kappa shape index (κ3) is 4.71. The minimum absolute atomic E-state index is 0.0122. The molecule has 2 aliphatic heterocycles. The van der Waals surface area contributed by atoms with Crippen LogP contribution in [0.2, 0.25) is 18.1 Å². The van der Waals surface area contributed by atoms with E-state index in [0.29, 0.717) is 0 Å². The molecule has 140 valence electrons. The number of aliphatic carboxylic acids is 1. The van der Waals surface area contributed by atoms with Gasteiger partial charge in [0.1, 0.15) is 6.10 Å². The SMILES string of the molecule is C=CC[C@@H]1C=C[C@@H]2O[C@H](CC(=O)O)C=C([Si](CC)(CC)CC)C[C@H]2O1. The van der Waals surface area contributed by atoms with Gasteiger partial charge in [-0.05, 0) is 12.8 Å². The van der Waals surface area contributed by atoms with Gasteiger partial charge < -0.3 is 14.6 Å². The summed E-state index contributed by atoms with van der Waals surface area (Å²) in [7, 11) is -1.59. The smallest absolute Gasteiger partial charge is 0.306 e. The molecule has 4 nitrogen and oxygen atoms in total. The number of ether oxygens (including phenoxy) is 2. The monoisotopic (exact) mass is 364 g/mol. The zero-order valence-electron chi connectivity index (χ0n) is 15.7. The molecule has 0 aromatic carbocycles. The summed E-state index contributed by atoms with van der Waals surface area (Å²) in [5.74, 6) is -0.818. The molecule has 0 unspecified atom stereocenters. The first-order chi connectivity index (χ1) is 12.0. The van der Waals surface area contributed by atoms with Crippen LogP contribution >= 0.6 is 0 Å². The summed E-state index contributed by atoms with van der Waals surface area (Å²) in [6.07, 6.45) is 9.22. The van der Waals surface area contributed by atoms with E-state index in [4.69, 9.17) is 9.47 Å². The Hall–Kier alpha value is -1.17. The normalized spacial score (nSPS) is 29.5. The van der Waals surface area contributed by atoms with E-state index in [1.54, 1.807) is 0 Å². The van der Waals surface area contributed by atoms with Crippen LogP contribution in [0.4, 0.5) is 0 Å². The molecule has 0 saturated carbocycles. The van der Waals surface area contributed by atoms with Crippen molar-refractivity contribution in [3.8, 4) is 0 Å². The number of rotatable bonds is 8. The van der Waals surface area contributed by atoms with Crippen LogP contribution in [0, 0.1) is 0 Å². The molecule has 1 N–H and O–H groups in total. The molecule has 2 aliphatic rings. The van der Waals surface area contributed by atoms with E-state index >= 15 is 0 Å². The van der Waals surface area contributed by atoms with Crippen LogP contribution in [0.15, 0.2) is 36.1 Å². The van der Waals surface area contributed by atoms with Crippen molar-refractivity contribution in [3.05, 3.63) is 36.1 Å². The number of fused-ring (bicyclic) bond motifs is 1. The second-order valence-electron chi connectivity index (χ2n) is 7.10. The Balaban J connectivity index is 2.33. The first-order valence-electron chi connectivity index (χ1n) is 9.51. The Bertz CT molecular complexity index is 528. The van der Waals surface area contributed by atoms with Crippen LogP contribution in [0.25, 0.3) is 0 Å². The molecular weight excluding hydrogens is 332 g/mol. The molecule has 0 fully saturated rings. The molecule has 0 spiro atoms. The Morgan fingerprint density at radius 1 is 1.24 bits per heavy atom. The van der Waals surface area contributed by atoms with Crippen LogP contribution in [-0.2, 0) is 14.3 Å². The highest BCUT2D eigenvalue weighted by Gasteiger charge is 2.39. The van der Waals surface area contributed by atoms with Crippen LogP contribution in [0.3, 0.4) is 0 Å². The van der Waals surface area contributed by atoms with Crippen molar-refractivity contribution in [1.29, 1.82) is 0 Å². The lowest BCUT2D eigenvalue weighted by molar-refractivity contribution is -0.142. The zero-order valence-corrected chi connectivity index (χ0v) is 16.7. The van der Waals surface area contributed by atoms with Gasteiger partial charge in [0.15, 0.2) is 0 Å². The second-order valence-corrected chi connectivity index (χ2v) is 12.4. The van der Waals surface area contributed by atoms with Gasteiger partial charge in [0.25, 0.3) is 0 Å². The highest BCUT2D eigenvalue weighted by Crippen LogP contribution is 2.37. The molecule has 0 radical (unpaired) electrons. The quantitative estimate of drug-likeness (QED) is 0.509. The number of hydrogen-bond donors (Lipinski definition) is 1. The topological polar surface area (TPSA) is 55.8 Å². The summed E-state index contributed by atoms with van der Waals surface area (Å²) in [5.41, 5.74) is 0. The van der Waals surface area contributed by atoms with E-state index < -0.39 is 14.0 Å². The van der Waals surface area contributed by atoms with E-state index in [2.05, 4.69) is 39.5 Å². The second kappa shape index (κ2) is 8.97. The first-order valence-corrected chi connectivity index (χ1v) is 12.1. The van der Waals surface area contributed by atoms with Gasteiger partial charge in [-0.15, -0.1) is 6.58 Å². The molecule has 5 heteroatoms. The van der Waals surface area contributed by atoms with Gasteiger partial charge in [0.2, 0.25) is 0 Å². The molecule has 0 aliphatic carbocycles. The first kappa shape index (κ1) is 20.1. The maximum absolute atomic E-state index is 11.3. The molecule has 2 heterocycles. The fourth-order valence-corrected chi connectivity index (χ4v) is 8.19. The van der Waals surface area contributed by atoms with Crippen molar-refractivity contribution >= 4 is 14.0 Å². The van der Waals surface area contributed by atoms with E-state index in [9.17, 15) is 9.90 Å². The lowest BCUT2D eigenvalue weighted by atomic mass is 10.0. The van der Waals surface area contributed by atoms with Gasteiger partial charge in [-0.3, -0.25) is 4.79 Å². The van der Waals surface area contributed by atoms with Crippen molar-refractivity contribution in [1.82, 2.24) is 0 Å². The Morgan fingerprint density at radius 2 is 1.92 bits per heavy atom.